The molecular formula is C20H15ClN3O-. The van der Waals surface area contributed by atoms with E-state index in [-0.39, 0.29) is 18.2 Å². The summed E-state index contributed by atoms with van der Waals surface area (Å²) in [4.78, 5) is 12.3. The van der Waals surface area contributed by atoms with Crippen molar-refractivity contribution >= 4 is 0 Å². The molecule has 0 spiro atoms. The Morgan fingerprint density at radius 2 is 1.48 bits per heavy atom. The van der Waals surface area contributed by atoms with Gasteiger partial charge in [-0.1, -0.05) is 42.5 Å². The molecule has 2 aromatic heterocycles. The zero-order valence-corrected chi connectivity index (χ0v) is 14.0. The van der Waals surface area contributed by atoms with Crippen molar-refractivity contribution in [2.24, 2.45) is 0 Å². The number of aromatic hydroxyl groups is 1. The maximum Gasteiger partial charge on any atom is 0.138 e. The van der Waals surface area contributed by atoms with Gasteiger partial charge in [0, 0.05) is 29.1 Å². The van der Waals surface area contributed by atoms with Crippen molar-refractivity contribution < 1.29 is 17.5 Å². The summed E-state index contributed by atoms with van der Waals surface area (Å²) in [6, 6.07) is 21.0. The van der Waals surface area contributed by atoms with E-state index in [1.165, 1.54) is 0 Å². The molecule has 2 heterocycles. The summed E-state index contributed by atoms with van der Waals surface area (Å²) in [5.74, 6) is 1.01. The third-order valence-corrected chi connectivity index (χ3v) is 3.84. The van der Waals surface area contributed by atoms with Crippen LogP contribution in [0.2, 0.25) is 0 Å². The van der Waals surface area contributed by atoms with Gasteiger partial charge in [-0.25, -0.2) is 4.98 Å². The molecule has 4 rings (SSSR count). The number of halogens is 1. The number of nitrogens with zero attached hydrogens (tertiary/aromatic N) is 2. The maximum atomic E-state index is 9.81. The zero-order chi connectivity index (χ0) is 16.4. The summed E-state index contributed by atoms with van der Waals surface area (Å²) in [5.41, 5.74) is 4.58. The minimum atomic E-state index is 0. The fourth-order valence-electron chi connectivity index (χ4n) is 2.70. The lowest BCUT2D eigenvalue weighted by Crippen LogP contribution is -3.00. The van der Waals surface area contributed by atoms with Crippen LogP contribution in [0.5, 0.6) is 5.75 Å². The second kappa shape index (κ2) is 7.20. The van der Waals surface area contributed by atoms with Crippen LogP contribution in [-0.2, 0) is 0 Å². The summed E-state index contributed by atoms with van der Waals surface area (Å²) in [7, 11) is 0. The van der Waals surface area contributed by atoms with Crippen molar-refractivity contribution in [2.75, 3.05) is 0 Å². The topological polar surface area (TPSA) is 61.8 Å². The summed E-state index contributed by atoms with van der Waals surface area (Å²) in [6.45, 7) is 0. The molecule has 0 aliphatic rings. The van der Waals surface area contributed by atoms with Gasteiger partial charge < -0.3 is 22.5 Å². The summed E-state index contributed by atoms with van der Waals surface area (Å²) in [6.07, 6.45) is 3.51. The number of hydrogen-bond donors (Lipinski definition) is 2. The van der Waals surface area contributed by atoms with Crippen LogP contribution in [-0.4, -0.2) is 20.1 Å². The average Bonchev–Trinajstić information content (AvgIpc) is 3.09. The van der Waals surface area contributed by atoms with Crippen LogP contribution >= 0.6 is 0 Å². The van der Waals surface area contributed by atoms with Crippen molar-refractivity contribution in [3.05, 3.63) is 79.1 Å². The molecule has 5 heteroatoms. The zero-order valence-electron chi connectivity index (χ0n) is 13.2. The molecule has 0 unspecified atom stereocenters. The van der Waals surface area contributed by atoms with Gasteiger partial charge in [0.05, 0.1) is 11.4 Å². The molecule has 0 atom stereocenters. The van der Waals surface area contributed by atoms with Crippen molar-refractivity contribution in [1.82, 2.24) is 15.0 Å². The summed E-state index contributed by atoms with van der Waals surface area (Å²) in [5, 5.41) is 9.81. The summed E-state index contributed by atoms with van der Waals surface area (Å²) >= 11 is 0. The van der Waals surface area contributed by atoms with E-state index in [1.807, 2.05) is 54.6 Å². The van der Waals surface area contributed by atoms with Crippen LogP contribution in [0.4, 0.5) is 0 Å². The number of hydrogen-bond acceptors (Lipinski definition) is 3. The predicted octanol–water partition coefficient (Wildman–Crippen LogP) is 1.52. The quantitative estimate of drug-likeness (QED) is 0.590. The van der Waals surface area contributed by atoms with Crippen molar-refractivity contribution in [3.8, 4) is 39.7 Å². The Morgan fingerprint density at radius 1 is 0.760 bits per heavy atom. The number of nitrogens with one attached hydrogen (secondary N) is 1. The number of pyridine rings is 1. The van der Waals surface area contributed by atoms with Gasteiger partial charge in [0.2, 0.25) is 0 Å². The van der Waals surface area contributed by atoms with Crippen LogP contribution in [0.3, 0.4) is 0 Å². The van der Waals surface area contributed by atoms with Crippen LogP contribution < -0.4 is 12.4 Å². The second-order valence-electron chi connectivity index (χ2n) is 5.46. The van der Waals surface area contributed by atoms with Gasteiger partial charge >= 0.3 is 0 Å². The Bertz CT molecular complexity index is 969. The minimum Gasteiger partial charge on any atom is -1.00 e. The highest BCUT2D eigenvalue weighted by molar-refractivity contribution is 5.81. The molecule has 124 valence electrons. The van der Waals surface area contributed by atoms with Gasteiger partial charge in [-0.15, -0.1) is 0 Å². The molecule has 0 fully saturated rings. The third kappa shape index (κ3) is 3.39. The molecule has 0 bridgehead atoms. The van der Waals surface area contributed by atoms with E-state index in [2.05, 4.69) is 9.97 Å². The number of aromatic nitrogens is 3. The van der Waals surface area contributed by atoms with E-state index in [1.54, 1.807) is 24.5 Å². The fraction of sp³-hybridized carbons (Fsp3) is 0. The molecule has 0 radical (unpaired) electrons. The minimum absolute atomic E-state index is 0. The van der Waals surface area contributed by atoms with Crippen LogP contribution in [0.25, 0.3) is 33.9 Å². The monoisotopic (exact) mass is 348 g/mol. The number of phenolic OH excluding ortho intramolecular Hbond substituents is 1. The van der Waals surface area contributed by atoms with E-state index >= 15 is 0 Å². The van der Waals surface area contributed by atoms with Gasteiger partial charge in [-0.3, -0.25) is 4.98 Å². The van der Waals surface area contributed by atoms with Gasteiger partial charge in [0.1, 0.15) is 11.6 Å². The van der Waals surface area contributed by atoms with Gasteiger partial charge in [0.25, 0.3) is 0 Å². The average molecular weight is 349 g/mol. The lowest BCUT2D eigenvalue weighted by Gasteiger charge is -2.03. The lowest BCUT2D eigenvalue weighted by atomic mass is 10.1. The molecule has 2 aromatic carbocycles. The largest absolute Gasteiger partial charge is 1.00 e. The molecule has 0 saturated heterocycles. The molecule has 4 aromatic rings. The molecule has 0 amide bonds. The first-order valence-corrected chi connectivity index (χ1v) is 7.66. The van der Waals surface area contributed by atoms with Gasteiger partial charge in [0.15, 0.2) is 0 Å². The SMILES string of the molecule is Oc1cccc(-c2nc(-c3ccccc3)[nH]c2-c2ccncc2)c1.[Cl-]. The smallest absolute Gasteiger partial charge is 0.138 e. The number of H-pyrrole nitrogens is 1. The Kier molecular flexibility index (Phi) is 4.82. The van der Waals surface area contributed by atoms with Crippen molar-refractivity contribution in [3.63, 3.8) is 0 Å². The fourth-order valence-corrected chi connectivity index (χ4v) is 2.70. The number of phenols is 1. The van der Waals surface area contributed by atoms with E-state index in [0.29, 0.717) is 0 Å². The molecule has 25 heavy (non-hydrogen) atoms. The van der Waals surface area contributed by atoms with E-state index in [0.717, 1.165) is 33.9 Å². The van der Waals surface area contributed by atoms with Crippen LogP contribution in [0.1, 0.15) is 0 Å². The second-order valence-corrected chi connectivity index (χ2v) is 5.46. The standard InChI is InChI=1S/C20H15N3O.ClH/c24-17-8-4-7-16(13-17)19-18(14-9-11-21-12-10-14)22-20(23-19)15-5-2-1-3-6-15;/h1-13,24H,(H,22,23);1H/p-1. The number of imidazole rings is 1. The highest BCUT2D eigenvalue weighted by Crippen LogP contribution is 2.33. The Balaban J connectivity index is 0.00000182. The maximum absolute atomic E-state index is 9.81. The van der Waals surface area contributed by atoms with E-state index in [9.17, 15) is 5.11 Å². The van der Waals surface area contributed by atoms with Crippen molar-refractivity contribution in [2.45, 2.75) is 0 Å². The number of aromatic amines is 1. The Morgan fingerprint density at radius 3 is 2.20 bits per heavy atom. The van der Waals surface area contributed by atoms with Gasteiger partial charge in [-0.2, -0.15) is 0 Å². The highest BCUT2D eigenvalue weighted by Gasteiger charge is 2.15. The molecule has 0 aliphatic carbocycles. The molecular weight excluding hydrogens is 334 g/mol. The van der Waals surface area contributed by atoms with Crippen LogP contribution in [0, 0.1) is 0 Å². The molecule has 0 aliphatic heterocycles. The highest BCUT2D eigenvalue weighted by atomic mass is 35.5. The lowest BCUT2D eigenvalue weighted by molar-refractivity contribution is -0.00000591. The van der Waals surface area contributed by atoms with E-state index in [4.69, 9.17) is 4.98 Å². The first-order chi connectivity index (χ1) is 11.8. The first-order valence-electron chi connectivity index (χ1n) is 7.66. The first kappa shape index (κ1) is 16.7. The number of rotatable bonds is 3. The third-order valence-electron chi connectivity index (χ3n) is 3.84. The van der Waals surface area contributed by atoms with E-state index < -0.39 is 0 Å². The Labute approximate surface area is 151 Å². The van der Waals surface area contributed by atoms with Gasteiger partial charge in [-0.05, 0) is 24.3 Å². The molecule has 4 nitrogen and oxygen atoms in total. The molecule has 0 saturated carbocycles. The molecule has 2 N–H and O–H groups in total. The predicted molar refractivity (Wildman–Crippen MR) is 94.4 cm³/mol. The van der Waals surface area contributed by atoms with Crippen molar-refractivity contribution in [1.29, 1.82) is 0 Å². The van der Waals surface area contributed by atoms with Crippen LogP contribution in [0.15, 0.2) is 79.1 Å². The normalized spacial score (nSPS) is 10.2. The number of benzene rings is 2. The summed E-state index contributed by atoms with van der Waals surface area (Å²) < 4.78 is 0. The Hall–Kier alpha value is -3.11.